The Balaban J connectivity index is 2.07. The van der Waals surface area contributed by atoms with Crippen LogP contribution < -0.4 is 9.47 Å². The first kappa shape index (κ1) is 16.9. The Morgan fingerprint density at radius 1 is 1.00 bits per heavy atom. The lowest BCUT2D eigenvalue weighted by atomic mass is 10.1. The first-order chi connectivity index (χ1) is 12.0. The summed E-state index contributed by atoms with van der Waals surface area (Å²) in [5.41, 5.74) is 5.72. The molecule has 5 nitrogen and oxygen atoms in total. The molecule has 0 bridgehead atoms. The summed E-state index contributed by atoms with van der Waals surface area (Å²) >= 11 is 0. The van der Waals surface area contributed by atoms with Crippen LogP contribution >= 0.6 is 0 Å². The van der Waals surface area contributed by atoms with E-state index in [1.165, 1.54) is 5.56 Å². The number of methoxy groups -OCH3 is 3. The Labute approximate surface area is 147 Å². The molecule has 0 radical (unpaired) electrons. The topological polar surface area (TPSA) is 55.8 Å². The molecule has 0 saturated heterocycles. The number of nitrogens with zero attached hydrogens (tertiary/aromatic N) is 1. The average Bonchev–Trinajstić information content (AvgIpc) is 3.17. The average molecular weight is 338 g/mol. The molecule has 1 aromatic carbocycles. The monoisotopic (exact) mass is 338 g/mol. The van der Waals surface area contributed by atoms with Crippen molar-refractivity contribution < 1.29 is 14.2 Å². The predicted octanol–water partition coefficient (Wildman–Crippen LogP) is 4.02. The molecule has 5 heteroatoms. The molecule has 1 N–H and O–H groups in total. The number of hydrogen-bond acceptors (Lipinski definition) is 4. The van der Waals surface area contributed by atoms with Crippen LogP contribution in [-0.2, 0) is 4.74 Å². The summed E-state index contributed by atoms with van der Waals surface area (Å²) in [7, 11) is 4.93. The van der Waals surface area contributed by atoms with Crippen LogP contribution in [0.2, 0.25) is 0 Å². The number of ether oxygens (including phenoxy) is 3. The Morgan fingerprint density at radius 2 is 1.80 bits per heavy atom. The number of aliphatic imine (C=N–C) groups is 1. The molecule has 2 aromatic rings. The molecule has 0 spiro atoms. The molecule has 1 aliphatic heterocycles. The Kier molecular flexibility index (Phi) is 4.65. The van der Waals surface area contributed by atoms with E-state index in [0.29, 0.717) is 5.76 Å². The fraction of sp³-hybridized carbons (Fsp3) is 0.250. The van der Waals surface area contributed by atoms with Gasteiger partial charge in [0.15, 0.2) is 0 Å². The SMILES string of the molecule is COC1=CC(c2cc(OC)ccc2OC)=N/C1=C/c1[nH]c(C)cc1C. The summed E-state index contributed by atoms with van der Waals surface area (Å²) in [6.45, 7) is 4.10. The summed E-state index contributed by atoms with van der Waals surface area (Å²) in [4.78, 5) is 8.08. The smallest absolute Gasteiger partial charge is 0.146 e. The van der Waals surface area contributed by atoms with E-state index in [4.69, 9.17) is 19.2 Å². The molecule has 3 rings (SSSR count). The largest absolute Gasteiger partial charge is 0.497 e. The van der Waals surface area contributed by atoms with Gasteiger partial charge in [0.2, 0.25) is 0 Å². The van der Waals surface area contributed by atoms with E-state index >= 15 is 0 Å². The second-order valence-electron chi connectivity index (χ2n) is 5.85. The van der Waals surface area contributed by atoms with Gasteiger partial charge >= 0.3 is 0 Å². The van der Waals surface area contributed by atoms with Gasteiger partial charge in [-0.3, -0.25) is 0 Å². The van der Waals surface area contributed by atoms with Crippen molar-refractivity contribution >= 4 is 11.8 Å². The van der Waals surface area contributed by atoms with Crippen LogP contribution in [0.4, 0.5) is 0 Å². The van der Waals surface area contributed by atoms with E-state index in [-0.39, 0.29) is 0 Å². The number of allylic oxidation sites excluding steroid dienone is 1. The highest BCUT2D eigenvalue weighted by Crippen LogP contribution is 2.31. The number of nitrogens with one attached hydrogen (secondary N) is 1. The van der Waals surface area contributed by atoms with Crippen LogP contribution in [0, 0.1) is 13.8 Å². The summed E-state index contributed by atoms with van der Waals surface area (Å²) in [5, 5.41) is 0. The van der Waals surface area contributed by atoms with E-state index < -0.39 is 0 Å². The van der Waals surface area contributed by atoms with E-state index in [9.17, 15) is 0 Å². The molecule has 0 fully saturated rings. The zero-order valence-corrected chi connectivity index (χ0v) is 15.1. The lowest BCUT2D eigenvalue weighted by Gasteiger charge is -2.09. The highest BCUT2D eigenvalue weighted by Gasteiger charge is 2.20. The van der Waals surface area contributed by atoms with Crippen LogP contribution in [0.1, 0.15) is 22.5 Å². The van der Waals surface area contributed by atoms with Gasteiger partial charge in [0, 0.05) is 23.0 Å². The molecule has 2 heterocycles. The van der Waals surface area contributed by atoms with Crippen molar-refractivity contribution in [3.8, 4) is 11.5 Å². The highest BCUT2D eigenvalue weighted by molar-refractivity contribution is 6.14. The summed E-state index contributed by atoms with van der Waals surface area (Å²) in [6.07, 6.45) is 3.91. The lowest BCUT2D eigenvalue weighted by molar-refractivity contribution is 0.303. The number of aromatic nitrogens is 1. The third-order valence-corrected chi connectivity index (χ3v) is 4.13. The Morgan fingerprint density at radius 3 is 2.40 bits per heavy atom. The molecule has 0 amide bonds. The van der Waals surface area contributed by atoms with Crippen molar-refractivity contribution in [2.45, 2.75) is 13.8 Å². The molecule has 25 heavy (non-hydrogen) atoms. The number of rotatable bonds is 5. The van der Waals surface area contributed by atoms with Gasteiger partial charge in [-0.1, -0.05) is 0 Å². The summed E-state index contributed by atoms with van der Waals surface area (Å²) in [6, 6.07) is 7.75. The summed E-state index contributed by atoms with van der Waals surface area (Å²) in [5.74, 6) is 2.20. The first-order valence-electron chi connectivity index (χ1n) is 8.00. The van der Waals surface area contributed by atoms with Crippen LogP contribution in [0.5, 0.6) is 11.5 Å². The molecule has 1 aliphatic rings. The van der Waals surface area contributed by atoms with Gasteiger partial charge in [-0.05, 0) is 49.8 Å². The lowest BCUT2D eigenvalue weighted by Crippen LogP contribution is -1.99. The van der Waals surface area contributed by atoms with Crippen LogP contribution in [0.15, 0.2) is 46.8 Å². The standard InChI is InChI=1S/C20H22N2O3/c1-12-8-13(2)21-16(12)10-18-20(25-5)11-17(22-18)15-9-14(23-3)6-7-19(15)24-4/h6-11,21H,1-5H3/b18-10+. The van der Waals surface area contributed by atoms with Gasteiger partial charge in [-0.15, -0.1) is 0 Å². The van der Waals surface area contributed by atoms with Crippen molar-refractivity contribution in [3.05, 3.63) is 64.3 Å². The van der Waals surface area contributed by atoms with Crippen LogP contribution in [0.3, 0.4) is 0 Å². The fourth-order valence-corrected chi connectivity index (χ4v) is 2.87. The maximum Gasteiger partial charge on any atom is 0.146 e. The van der Waals surface area contributed by atoms with Crippen molar-refractivity contribution in [2.75, 3.05) is 21.3 Å². The van der Waals surface area contributed by atoms with Gasteiger partial charge in [0.25, 0.3) is 0 Å². The number of aromatic amines is 1. The molecular weight excluding hydrogens is 316 g/mol. The number of benzene rings is 1. The van der Waals surface area contributed by atoms with E-state index in [1.807, 2.05) is 37.3 Å². The quantitative estimate of drug-likeness (QED) is 0.896. The van der Waals surface area contributed by atoms with Gasteiger partial charge in [-0.2, -0.15) is 0 Å². The first-order valence-corrected chi connectivity index (χ1v) is 8.00. The number of aryl methyl sites for hydroxylation is 2. The van der Waals surface area contributed by atoms with Crippen molar-refractivity contribution in [2.24, 2.45) is 4.99 Å². The Hall–Kier alpha value is -2.95. The molecule has 130 valence electrons. The zero-order valence-electron chi connectivity index (χ0n) is 15.1. The van der Waals surface area contributed by atoms with E-state index in [0.717, 1.165) is 39.9 Å². The van der Waals surface area contributed by atoms with Crippen LogP contribution in [-0.4, -0.2) is 32.0 Å². The second kappa shape index (κ2) is 6.89. The van der Waals surface area contributed by atoms with Gasteiger partial charge in [0.05, 0.1) is 27.0 Å². The molecular formula is C20H22N2O3. The minimum atomic E-state index is 0.714. The second-order valence-corrected chi connectivity index (χ2v) is 5.85. The minimum Gasteiger partial charge on any atom is -0.497 e. The summed E-state index contributed by atoms with van der Waals surface area (Å²) < 4.78 is 16.3. The zero-order chi connectivity index (χ0) is 18.0. The van der Waals surface area contributed by atoms with Gasteiger partial charge < -0.3 is 19.2 Å². The normalized spacial score (nSPS) is 15.2. The number of H-pyrrole nitrogens is 1. The predicted molar refractivity (Wildman–Crippen MR) is 99.4 cm³/mol. The number of hydrogen-bond donors (Lipinski definition) is 1. The van der Waals surface area contributed by atoms with E-state index in [2.05, 4.69) is 18.0 Å². The maximum absolute atomic E-state index is 5.52. The molecule has 0 aliphatic carbocycles. The third-order valence-electron chi connectivity index (χ3n) is 4.13. The van der Waals surface area contributed by atoms with Crippen molar-refractivity contribution in [3.63, 3.8) is 0 Å². The molecule has 0 atom stereocenters. The highest BCUT2D eigenvalue weighted by atomic mass is 16.5. The van der Waals surface area contributed by atoms with Gasteiger partial charge in [0.1, 0.15) is 23.0 Å². The Bertz CT molecular complexity index is 888. The van der Waals surface area contributed by atoms with Crippen LogP contribution in [0.25, 0.3) is 6.08 Å². The van der Waals surface area contributed by atoms with Crippen molar-refractivity contribution in [1.82, 2.24) is 4.98 Å². The minimum absolute atomic E-state index is 0.714. The van der Waals surface area contributed by atoms with Crippen molar-refractivity contribution in [1.29, 1.82) is 0 Å². The molecule has 0 unspecified atom stereocenters. The molecule has 0 saturated carbocycles. The maximum atomic E-state index is 5.52. The van der Waals surface area contributed by atoms with E-state index in [1.54, 1.807) is 21.3 Å². The third kappa shape index (κ3) is 3.31. The fourth-order valence-electron chi connectivity index (χ4n) is 2.87. The van der Waals surface area contributed by atoms with Gasteiger partial charge in [-0.25, -0.2) is 4.99 Å². The molecule has 1 aromatic heterocycles.